The maximum absolute atomic E-state index is 12.9. The number of benzene rings is 3. The van der Waals surface area contributed by atoms with Crippen LogP contribution in [0.5, 0.6) is 17.2 Å². The molecule has 0 fully saturated rings. The van der Waals surface area contributed by atoms with E-state index in [4.69, 9.17) is 19.2 Å². The number of nitrogens with one attached hydrogen (secondary N) is 1. The van der Waals surface area contributed by atoms with Gasteiger partial charge in [-0.1, -0.05) is 54.2 Å². The number of hydrogen-bond donors (Lipinski definition) is 1. The van der Waals surface area contributed by atoms with Gasteiger partial charge in [0.15, 0.2) is 0 Å². The molecule has 37 heavy (non-hydrogen) atoms. The van der Waals surface area contributed by atoms with Gasteiger partial charge in [-0.2, -0.15) is 5.26 Å². The van der Waals surface area contributed by atoms with Crippen LogP contribution in [0.15, 0.2) is 83.9 Å². The molecular formula is C29H25N3O4S. The Morgan fingerprint density at radius 3 is 2.24 bits per heavy atom. The molecule has 1 amide bonds. The number of ether oxygens (including phenoxy) is 3. The maximum atomic E-state index is 12.9. The van der Waals surface area contributed by atoms with Crippen molar-refractivity contribution in [1.29, 1.82) is 5.26 Å². The fourth-order valence-corrected chi connectivity index (χ4v) is 4.52. The van der Waals surface area contributed by atoms with E-state index >= 15 is 0 Å². The van der Waals surface area contributed by atoms with Crippen molar-refractivity contribution in [3.8, 4) is 45.7 Å². The first-order valence-electron chi connectivity index (χ1n) is 11.4. The molecule has 4 rings (SSSR count). The van der Waals surface area contributed by atoms with Crippen molar-refractivity contribution in [2.45, 2.75) is 5.03 Å². The van der Waals surface area contributed by atoms with Crippen LogP contribution in [0.1, 0.15) is 5.56 Å². The highest BCUT2D eigenvalue weighted by Crippen LogP contribution is 2.35. The van der Waals surface area contributed by atoms with Crippen molar-refractivity contribution >= 4 is 23.4 Å². The first-order chi connectivity index (χ1) is 18.1. The molecule has 0 spiro atoms. The molecule has 0 bridgehead atoms. The lowest BCUT2D eigenvalue weighted by Crippen LogP contribution is -2.15. The van der Waals surface area contributed by atoms with E-state index in [0.29, 0.717) is 33.5 Å². The summed E-state index contributed by atoms with van der Waals surface area (Å²) in [6, 6.07) is 26.6. The average molecular weight is 512 g/mol. The van der Waals surface area contributed by atoms with Gasteiger partial charge in [0, 0.05) is 17.2 Å². The third-order valence-corrected chi connectivity index (χ3v) is 6.56. The monoisotopic (exact) mass is 511 g/mol. The fraction of sp³-hybridized carbons (Fsp3) is 0.138. The Morgan fingerprint density at radius 2 is 1.59 bits per heavy atom. The first-order valence-corrected chi connectivity index (χ1v) is 12.3. The first kappa shape index (κ1) is 25.6. The van der Waals surface area contributed by atoms with Gasteiger partial charge >= 0.3 is 0 Å². The molecular weight excluding hydrogens is 486 g/mol. The lowest BCUT2D eigenvalue weighted by Gasteiger charge is -2.14. The van der Waals surface area contributed by atoms with Gasteiger partial charge in [0.25, 0.3) is 0 Å². The number of carbonyl (C=O) groups excluding carboxylic acids is 1. The largest absolute Gasteiger partial charge is 0.497 e. The number of anilines is 1. The van der Waals surface area contributed by atoms with Gasteiger partial charge in [-0.05, 0) is 35.9 Å². The van der Waals surface area contributed by atoms with Crippen LogP contribution in [-0.2, 0) is 4.79 Å². The highest BCUT2D eigenvalue weighted by Gasteiger charge is 2.18. The Kier molecular flexibility index (Phi) is 8.29. The number of pyridine rings is 1. The SMILES string of the molecule is COc1ccc(-c2cc(-c3ccccc3)nc(SCC(=O)Nc3cc(OC)ccc3OC)c2C#N)cc1. The van der Waals surface area contributed by atoms with Crippen LogP contribution < -0.4 is 19.5 Å². The number of nitrogens with zero attached hydrogens (tertiary/aromatic N) is 2. The Labute approximate surface area is 220 Å². The van der Waals surface area contributed by atoms with Gasteiger partial charge in [0.2, 0.25) is 5.91 Å². The van der Waals surface area contributed by atoms with Crippen LogP contribution in [-0.4, -0.2) is 38.0 Å². The van der Waals surface area contributed by atoms with Crippen LogP contribution in [0.4, 0.5) is 5.69 Å². The maximum Gasteiger partial charge on any atom is 0.234 e. The molecule has 8 heteroatoms. The molecule has 0 aliphatic carbocycles. The van der Waals surface area contributed by atoms with E-state index in [0.717, 1.165) is 22.4 Å². The highest BCUT2D eigenvalue weighted by atomic mass is 32.2. The number of methoxy groups -OCH3 is 3. The van der Waals surface area contributed by atoms with Crippen molar-refractivity contribution < 1.29 is 19.0 Å². The zero-order valence-electron chi connectivity index (χ0n) is 20.6. The van der Waals surface area contributed by atoms with E-state index in [9.17, 15) is 10.1 Å². The Bertz CT molecular complexity index is 1430. The fourth-order valence-electron chi connectivity index (χ4n) is 3.72. The van der Waals surface area contributed by atoms with Gasteiger partial charge in [0.05, 0.1) is 44.0 Å². The summed E-state index contributed by atoms with van der Waals surface area (Å²) in [5.74, 6) is 1.61. The van der Waals surface area contributed by atoms with E-state index in [2.05, 4.69) is 11.4 Å². The van der Waals surface area contributed by atoms with Crippen molar-refractivity contribution in [1.82, 2.24) is 4.98 Å². The normalized spacial score (nSPS) is 10.3. The van der Waals surface area contributed by atoms with Gasteiger partial charge in [-0.3, -0.25) is 4.79 Å². The number of rotatable bonds is 9. The average Bonchev–Trinajstić information content (AvgIpc) is 2.96. The van der Waals surface area contributed by atoms with Crippen LogP contribution >= 0.6 is 11.8 Å². The van der Waals surface area contributed by atoms with E-state index in [1.54, 1.807) is 32.4 Å². The summed E-state index contributed by atoms with van der Waals surface area (Å²) >= 11 is 1.21. The van der Waals surface area contributed by atoms with E-state index in [1.165, 1.54) is 18.9 Å². The summed E-state index contributed by atoms with van der Waals surface area (Å²) < 4.78 is 15.9. The second kappa shape index (κ2) is 12.0. The molecule has 0 aliphatic rings. The third-order valence-electron chi connectivity index (χ3n) is 5.59. The zero-order valence-corrected chi connectivity index (χ0v) is 21.5. The second-order valence-corrected chi connectivity index (χ2v) is 8.81. The molecule has 0 unspecified atom stereocenters. The van der Waals surface area contributed by atoms with Gasteiger partial charge in [-0.15, -0.1) is 0 Å². The molecule has 0 atom stereocenters. The van der Waals surface area contributed by atoms with Crippen LogP contribution in [0, 0.1) is 11.3 Å². The number of thioether (sulfide) groups is 1. The third kappa shape index (κ3) is 6.02. The Morgan fingerprint density at radius 1 is 0.892 bits per heavy atom. The van der Waals surface area contributed by atoms with E-state index in [1.807, 2.05) is 60.7 Å². The summed E-state index contributed by atoms with van der Waals surface area (Å²) in [5, 5.41) is 13.4. The predicted molar refractivity (Wildman–Crippen MR) is 145 cm³/mol. The van der Waals surface area contributed by atoms with Crippen molar-refractivity contribution in [3.05, 3.63) is 84.4 Å². The minimum atomic E-state index is -0.265. The molecule has 4 aromatic rings. The van der Waals surface area contributed by atoms with Crippen molar-refractivity contribution in [3.63, 3.8) is 0 Å². The molecule has 1 N–H and O–H groups in total. The number of carbonyl (C=O) groups is 1. The number of hydrogen-bond acceptors (Lipinski definition) is 7. The summed E-state index contributed by atoms with van der Waals surface area (Å²) in [7, 11) is 4.69. The lowest BCUT2D eigenvalue weighted by atomic mass is 9.99. The van der Waals surface area contributed by atoms with Crippen LogP contribution in [0.25, 0.3) is 22.4 Å². The van der Waals surface area contributed by atoms with Gasteiger partial charge < -0.3 is 19.5 Å². The number of amides is 1. The summed E-state index contributed by atoms with van der Waals surface area (Å²) in [6.07, 6.45) is 0. The molecule has 0 saturated carbocycles. The minimum Gasteiger partial charge on any atom is -0.497 e. The molecule has 0 saturated heterocycles. The molecule has 1 aromatic heterocycles. The van der Waals surface area contributed by atoms with Gasteiger partial charge in [-0.25, -0.2) is 4.98 Å². The highest BCUT2D eigenvalue weighted by molar-refractivity contribution is 8.00. The van der Waals surface area contributed by atoms with Crippen molar-refractivity contribution in [2.24, 2.45) is 0 Å². The summed E-state index contributed by atoms with van der Waals surface area (Å²) in [6.45, 7) is 0. The summed E-state index contributed by atoms with van der Waals surface area (Å²) in [5.41, 5.74) is 4.11. The molecule has 7 nitrogen and oxygen atoms in total. The Hall–Kier alpha value is -4.48. The number of nitriles is 1. The molecule has 1 heterocycles. The smallest absolute Gasteiger partial charge is 0.234 e. The minimum absolute atomic E-state index is 0.0440. The van der Waals surface area contributed by atoms with Crippen LogP contribution in [0.2, 0.25) is 0 Å². The summed E-state index contributed by atoms with van der Waals surface area (Å²) in [4.78, 5) is 17.6. The molecule has 0 aliphatic heterocycles. The predicted octanol–water partition coefficient (Wildman–Crippen LogP) is 6.04. The lowest BCUT2D eigenvalue weighted by molar-refractivity contribution is -0.113. The van der Waals surface area contributed by atoms with Crippen molar-refractivity contribution in [2.75, 3.05) is 32.4 Å². The van der Waals surface area contributed by atoms with E-state index in [-0.39, 0.29) is 11.7 Å². The topological polar surface area (TPSA) is 93.5 Å². The van der Waals surface area contributed by atoms with Crippen LogP contribution in [0.3, 0.4) is 0 Å². The standard InChI is InChI=1S/C29H25N3O4S/c1-34-21-11-9-19(10-12-21)23-16-25(20-7-5-4-6-8-20)32-29(24(23)17-30)37-18-28(33)31-26-15-22(35-2)13-14-27(26)36-3/h4-16H,18H2,1-3H3,(H,31,33). The molecule has 3 aromatic carbocycles. The Balaban J connectivity index is 1.67. The zero-order chi connectivity index (χ0) is 26.2. The number of aromatic nitrogens is 1. The quantitative estimate of drug-likeness (QED) is 0.274. The molecule has 0 radical (unpaired) electrons. The molecule has 186 valence electrons. The van der Waals surface area contributed by atoms with E-state index < -0.39 is 0 Å². The second-order valence-electron chi connectivity index (χ2n) is 7.84. The van der Waals surface area contributed by atoms with Gasteiger partial charge in [0.1, 0.15) is 28.3 Å².